The average molecular weight is 454 g/mol. The number of anilines is 1. The maximum absolute atomic E-state index is 11.7. The third-order valence-corrected chi connectivity index (χ3v) is 4.70. The summed E-state index contributed by atoms with van der Waals surface area (Å²) in [7, 11) is 0. The predicted molar refractivity (Wildman–Crippen MR) is 132 cm³/mol. The van der Waals surface area contributed by atoms with E-state index in [4.69, 9.17) is 16.7 Å². The number of nitrogens with one attached hydrogen (secondary N) is 2. The van der Waals surface area contributed by atoms with Crippen molar-refractivity contribution in [2.24, 2.45) is 0 Å². The fourth-order valence-electron chi connectivity index (χ4n) is 3.01. The van der Waals surface area contributed by atoms with Crippen molar-refractivity contribution in [3.63, 3.8) is 0 Å². The first kappa shape index (κ1) is 29.1. The molecule has 0 radical (unpaired) electrons. The number of carbonyl (C=O) groups excluding carboxylic acids is 1. The van der Waals surface area contributed by atoms with Crippen LogP contribution in [0.4, 0.5) is 5.69 Å². The standard InChI is InChI=1S/C17H24ClN3O2.C5H10O.C2H6/c1-2-7-19-17(23)11-21-8-5-15(6-9-21)20-16-4-3-14(18)10-13(16)12-22;1-3-4-5(2)6;1-2/h2-4,10,15,20,22H,1,5-9,11-12H2,(H,19,23);3-6H,1-2H3;1-2H3/b;4-3+;. The van der Waals surface area contributed by atoms with E-state index < -0.39 is 0 Å². The van der Waals surface area contributed by atoms with Crippen LogP contribution in [0.1, 0.15) is 46.1 Å². The van der Waals surface area contributed by atoms with Gasteiger partial charge in [-0.1, -0.05) is 43.7 Å². The Balaban J connectivity index is 0.000000970. The summed E-state index contributed by atoms with van der Waals surface area (Å²) in [4.78, 5) is 13.9. The topological polar surface area (TPSA) is 84.8 Å². The second-order valence-electron chi connectivity index (χ2n) is 7.01. The van der Waals surface area contributed by atoms with E-state index in [2.05, 4.69) is 22.1 Å². The van der Waals surface area contributed by atoms with Crippen LogP contribution in [0.2, 0.25) is 5.02 Å². The summed E-state index contributed by atoms with van der Waals surface area (Å²) < 4.78 is 0. The number of halogens is 1. The molecule has 1 fully saturated rings. The van der Waals surface area contributed by atoms with E-state index in [9.17, 15) is 9.90 Å². The second kappa shape index (κ2) is 17.8. The molecule has 1 amide bonds. The van der Waals surface area contributed by atoms with Crippen LogP contribution in [0.15, 0.2) is 43.0 Å². The highest BCUT2D eigenvalue weighted by Gasteiger charge is 2.21. The molecule has 1 heterocycles. The van der Waals surface area contributed by atoms with Crippen LogP contribution in [0.25, 0.3) is 0 Å². The molecule has 1 unspecified atom stereocenters. The van der Waals surface area contributed by atoms with Crippen LogP contribution < -0.4 is 10.6 Å². The Labute approximate surface area is 193 Å². The van der Waals surface area contributed by atoms with Gasteiger partial charge in [0, 0.05) is 41.9 Å². The van der Waals surface area contributed by atoms with Crippen molar-refractivity contribution in [3.8, 4) is 0 Å². The van der Waals surface area contributed by atoms with Gasteiger partial charge in [-0.2, -0.15) is 0 Å². The maximum Gasteiger partial charge on any atom is 0.234 e. The Hall–Kier alpha value is -1.86. The number of nitrogens with zero attached hydrogens (tertiary/aromatic N) is 1. The van der Waals surface area contributed by atoms with E-state index in [-0.39, 0.29) is 18.6 Å². The molecule has 1 aliphatic rings. The molecule has 0 bridgehead atoms. The molecule has 7 heteroatoms. The fourth-order valence-corrected chi connectivity index (χ4v) is 3.21. The Morgan fingerprint density at radius 1 is 1.35 bits per heavy atom. The Kier molecular flexibility index (Phi) is 16.7. The molecule has 1 atom stereocenters. The van der Waals surface area contributed by atoms with Crippen LogP contribution in [0.3, 0.4) is 0 Å². The molecule has 0 aliphatic carbocycles. The van der Waals surface area contributed by atoms with Crippen molar-refractivity contribution in [1.29, 1.82) is 0 Å². The van der Waals surface area contributed by atoms with Crippen LogP contribution in [0, 0.1) is 0 Å². The van der Waals surface area contributed by atoms with Gasteiger partial charge in [-0.3, -0.25) is 9.69 Å². The van der Waals surface area contributed by atoms with Crippen molar-refractivity contribution in [2.45, 2.75) is 59.3 Å². The number of amides is 1. The molecule has 6 nitrogen and oxygen atoms in total. The van der Waals surface area contributed by atoms with Gasteiger partial charge in [0.1, 0.15) is 0 Å². The number of likely N-dealkylation sites (tertiary alicyclic amines) is 1. The van der Waals surface area contributed by atoms with Gasteiger partial charge >= 0.3 is 0 Å². The molecule has 0 spiro atoms. The molecule has 1 aromatic rings. The Morgan fingerprint density at radius 3 is 2.48 bits per heavy atom. The lowest BCUT2D eigenvalue weighted by Crippen LogP contribution is -2.44. The predicted octanol–water partition coefficient (Wildman–Crippen LogP) is 3.98. The van der Waals surface area contributed by atoms with E-state index in [1.807, 2.05) is 39.0 Å². The number of rotatable bonds is 8. The largest absolute Gasteiger partial charge is 0.392 e. The highest BCUT2D eigenvalue weighted by atomic mass is 35.5. The van der Waals surface area contributed by atoms with Gasteiger partial charge in [-0.25, -0.2) is 0 Å². The van der Waals surface area contributed by atoms with Gasteiger partial charge in [0.2, 0.25) is 5.91 Å². The fraction of sp³-hybridized carbons (Fsp3) is 0.542. The average Bonchev–Trinajstić information content (AvgIpc) is 2.76. The van der Waals surface area contributed by atoms with Gasteiger partial charge in [0.05, 0.1) is 19.3 Å². The molecule has 31 heavy (non-hydrogen) atoms. The number of hydrogen-bond donors (Lipinski definition) is 4. The van der Waals surface area contributed by atoms with Crippen molar-refractivity contribution >= 4 is 23.2 Å². The van der Waals surface area contributed by atoms with E-state index in [1.165, 1.54) is 0 Å². The number of piperidine rings is 1. The molecule has 1 saturated heterocycles. The summed E-state index contributed by atoms with van der Waals surface area (Å²) in [6.07, 6.45) is 6.86. The maximum atomic E-state index is 11.7. The zero-order valence-electron chi connectivity index (χ0n) is 19.4. The monoisotopic (exact) mass is 453 g/mol. The van der Waals surface area contributed by atoms with Gasteiger partial charge < -0.3 is 20.8 Å². The molecule has 0 aromatic heterocycles. The molecular weight excluding hydrogens is 414 g/mol. The van der Waals surface area contributed by atoms with E-state index in [0.29, 0.717) is 24.2 Å². The molecule has 1 aromatic carbocycles. The van der Waals surface area contributed by atoms with Gasteiger partial charge in [0.25, 0.3) is 0 Å². The minimum atomic E-state index is -0.282. The van der Waals surface area contributed by atoms with Gasteiger partial charge in [-0.05, 0) is 44.9 Å². The highest BCUT2D eigenvalue weighted by molar-refractivity contribution is 6.30. The van der Waals surface area contributed by atoms with Crippen molar-refractivity contribution in [3.05, 3.63) is 53.6 Å². The first-order valence-corrected chi connectivity index (χ1v) is 11.3. The number of carbonyl (C=O) groups is 1. The second-order valence-corrected chi connectivity index (χ2v) is 7.45. The smallest absolute Gasteiger partial charge is 0.234 e. The van der Waals surface area contributed by atoms with Crippen molar-refractivity contribution < 1.29 is 15.0 Å². The molecule has 4 N–H and O–H groups in total. The van der Waals surface area contributed by atoms with Crippen LogP contribution in [-0.4, -0.2) is 59.3 Å². The van der Waals surface area contributed by atoms with E-state index in [0.717, 1.165) is 37.2 Å². The molecule has 2 rings (SSSR count). The van der Waals surface area contributed by atoms with Crippen LogP contribution >= 0.6 is 11.6 Å². The minimum absolute atomic E-state index is 0.0365. The first-order chi connectivity index (χ1) is 14.9. The molecule has 176 valence electrons. The van der Waals surface area contributed by atoms with Crippen LogP contribution in [-0.2, 0) is 11.4 Å². The molecular formula is C24H40ClN3O3. The Morgan fingerprint density at radius 2 is 2.00 bits per heavy atom. The number of aliphatic hydroxyl groups excluding tert-OH is 2. The van der Waals surface area contributed by atoms with E-state index in [1.54, 1.807) is 25.1 Å². The lowest BCUT2D eigenvalue weighted by atomic mass is 10.0. The Bertz CT molecular complexity index is 657. The van der Waals surface area contributed by atoms with Crippen molar-refractivity contribution in [2.75, 3.05) is 31.5 Å². The zero-order chi connectivity index (χ0) is 23.6. The van der Waals surface area contributed by atoms with Crippen molar-refractivity contribution in [1.82, 2.24) is 10.2 Å². The number of hydrogen-bond acceptors (Lipinski definition) is 5. The third kappa shape index (κ3) is 13.2. The molecule has 1 aliphatic heterocycles. The summed E-state index contributed by atoms with van der Waals surface area (Å²) in [5.74, 6) is 0.0385. The summed E-state index contributed by atoms with van der Waals surface area (Å²) >= 11 is 5.95. The normalized spacial score (nSPS) is 15.2. The van der Waals surface area contributed by atoms with Gasteiger partial charge in [0.15, 0.2) is 0 Å². The summed E-state index contributed by atoms with van der Waals surface area (Å²) in [5.41, 5.74) is 1.74. The van der Waals surface area contributed by atoms with Crippen LogP contribution in [0.5, 0.6) is 0 Å². The van der Waals surface area contributed by atoms with E-state index >= 15 is 0 Å². The quantitative estimate of drug-likeness (QED) is 0.447. The number of allylic oxidation sites excluding steroid dienone is 1. The number of aliphatic hydroxyl groups is 2. The molecule has 0 saturated carbocycles. The highest BCUT2D eigenvalue weighted by Crippen LogP contribution is 2.23. The number of benzene rings is 1. The minimum Gasteiger partial charge on any atom is -0.392 e. The third-order valence-electron chi connectivity index (χ3n) is 4.47. The lowest BCUT2D eigenvalue weighted by Gasteiger charge is -2.32. The SMILES string of the molecule is C/C=C/C(C)O.C=CCNC(=O)CN1CCC(Nc2ccc(Cl)cc2CO)CC1.CC. The summed E-state index contributed by atoms with van der Waals surface area (Å²) in [5, 5.41) is 24.8. The van der Waals surface area contributed by atoms with Gasteiger partial charge in [-0.15, -0.1) is 6.58 Å². The first-order valence-electron chi connectivity index (χ1n) is 11.0. The lowest BCUT2D eigenvalue weighted by molar-refractivity contribution is -0.122. The summed E-state index contributed by atoms with van der Waals surface area (Å²) in [6, 6.07) is 5.85. The summed E-state index contributed by atoms with van der Waals surface area (Å²) in [6.45, 7) is 13.9. The zero-order valence-corrected chi connectivity index (χ0v) is 20.2.